The van der Waals surface area contributed by atoms with Gasteiger partial charge in [0.1, 0.15) is 0 Å². The van der Waals surface area contributed by atoms with Crippen LogP contribution < -0.4 is 11.1 Å². The summed E-state index contributed by atoms with van der Waals surface area (Å²) in [5, 5.41) is 3.44. The smallest absolute Gasteiger partial charge is 0.0377 e. The summed E-state index contributed by atoms with van der Waals surface area (Å²) in [4.78, 5) is 4.09. The Morgan fingerprint density at radius 1 is 1.38 bits per heavy atom. The molecule has 0 radical (unpaired) electrons. The molecule has 1 heterocycles. The summed E-state index contributed by atoms with van der Waals surface area (Å²) < 4.78 is 0. The molecule has 0 saturated heterocycles. The third-order valence-electron chi connectivity index (χ3n) is 2.54. The second-order valence-corrected chi connectivity index (χ2v) is 4.63. The van der Waals surface area contributed by atoms with Crippen molar-refractivity contribution >= 4 is 5.69 Å². The van der Waals surface area contributed by atoms with Crippen molar-refractivity contribution in [1.29, 1.82) is 0 Å². The summed E-state index contributed by atoms with van der Waals surface area (Å²) in [7, 11) is 0. The van der Waals surface area contributed by atoms with Crippen molar-refractivity contribution in [3.63, 3.8) is 0 Å². The molecule has 0 aliphatic carbocycles. The normalized spacial score (nSPS) is 10.9. The topological polar surface area (TPSA) is 50.9 Å². The molecule has 3 N–H and O–H groups in total. The molecule has 0 bridgehead atoms. The van der Waals surface area contributed by atoms with Crippen LogP contribution in [0.2, 0.25) is 0 Å². The third kappa shape index (κ3) is 5.12. The van der Waals surface area contributed by atoms with E-state index >= 15 is 0 Å². The molecule has 16 heavy (non-hydrogen) atoms. The number of anilines is 1. The van der Waals surface area contributed by atoms with E-state index in [0.717, 1.165) is 31.1 Å². The van der Waals surface area contributed by atoms with E-state index in [1.54, 1.807) is 6.20 Å². The third-order valence-corrected chi connectivity index (χ3v) is 2.54. The number of rotatable bonds is 7. The summed E-state index contributed by atoms with van der Waals surface area (Å²) in [5.74, 6) is 0.731. The van der Waals surface area contributed by atoms with E-state index < -0.39 is 0 Å². The van der Waals surface area contributed by atoms with Crippen LogP contribution in [0.3, 0.4) is 0 Å². The summed E-state index contributed by atoms with van der Waals surface area (Å²) in [6, 6.07) is 1.87. The Hall–Kier alpha value is -1.09. The minimum Gasteiger partial charge on any atom is -0.398 e. The Morgan fingerprint density at radius 3 is 2.88 bits per heavy atom. The number of unbranched alkanes of at least 4 members (excludes halogenated alkanes) is 1. The molecule has 3 nitrogen and oxygen atoms in total. The molecule has 0 atom stereocenters. The average molecular weight is 221 g/mol. The Labute approximate surface area is 98.5 Å². The van der Waals surface area contributed by atoms with Gasteiger partial charge in [-0.15, -0.1) is 0 Å². The van der Waals surface area contributed by atoms with Gasteiger partial charge in [0.15, 0.2) is 0 Å². The van der Waals surface area contributed by atoms with Crippen molar-refractivity contribution in [2.45, 2.75) is 33.1 Å². The monoisotopic (exact) mass is 221 g/mol. The highest BCUT2D eigenvalue weighted by molar-refractivity contribution is 5.44. The van der Waals surface area contributed by atoms with Crippen LogP contribution >= 0.6 is 0 Å². The van der Waals surface area contributed by atoms with E-state index in [1.165, 1.54) is 18.4 Å². The van der Waals surface area contributed by atoms with Gasteiger partial charge in [0.05, 0.1) is 0 Å². The van der Waals surface area contributed by atoms with E-state index in [9.17, 15) is 0 Å². The van der Waals surface area contributed by atoms with Crippen molar-refractivity contribution in [3.05, 3.63) is 24.0 Å². The highest BCUT2D eigenvalue weighted by atomic mass is 14.8. The van der Waals surface area contributed by atoms with Crippen LogP contribution in [0.25, 0.3) is 0 Å². The maximum Gasteiger partial charge on any atom is 0.0377 e. The van der Waals surface area contributed by atoms with Crippen molar-refractivity contribution in [2.24, 2.45) is 5.92 Å². The highest BCUT2D eigenvalue weighted by Crippen LogP contribution is 2.11. The van der Waals surface area contributed by atoms with Gasteiger partial charge in [-0.3, -0.25) is 4.98 Å². The van der Waals surface area contributed by atoms with Gasteiger partial charge >= 0.3 is 0 Å². The molecule has 0 fully saturated rings. The molecule has 0 amide bonds. The lowest BCUT2D eigenvalue weighted by Gasteiger charge is -2.07. The Kier molecular flexibility index (Phi) is 5.86. The Balaban J connectivity index is 2.10. The Bertz CT molecular complexity index is 297. The molecule has 0 saturated carbocycles. The fraction of sp³-hybridized carbons (Fsp3) is 0.615. The minimum absolute atomic E-state index is 0.731. The predicted molar refractivity (Wildman–Crippen MR) is 69.3 cm³/mol. The number of aromatic nitrogens is 1. The molecule has 1 rings (SSSR count). The van der Waals surface area contributed by atoms with Crippen molar-refractivity contribution in [2.75, 3.05) is 18.8 Å². The first kappa shape index (κ1) is 13.0. The standard InChI is InChI=1S/C13H23N3/c1-11(2)9-15-7-4-3-5-12-10-16-8-6-13(12)14/h6,8,10-11,15H,3-5,7,9H2,1-2H3,(H2,14,16). The van der Waals surface area contributed by atoms with Crippen LogP contribution in [0, 0.1) is 5.92 Å². The van der Waals surface area contributed by atoms with E-state index in [1.807, 2.05) is 12.3 Å². The highest BCUT2D eigenvalue weighted by Gasteiger charge is 1.98. The molecule has 0 aromatic carbocycles. The number of nitrogen functional groups attached to an aromatic ring is 1. The molecule has 0 aliphatic heterocycles. The first-order chi connectivity index (χ1) is 7.70. The Morgan fingerprint density at radius 2 is 2.19 bits per heavy atom. The lowest BCUT2D eigenvalue weighted by molar-refractivity contribution is 0.535. The number of hydrogen-bond donors (Lipinski definition) is 2. The number of pyridine rings is 1. The maximum absolute atomic E-state index is 5.85. The zero-order valence-electron chi connectivity index (χ0n) is 10.4. The zero-order chi connectivity index (χ0) is 11.8. The molecule has 1 aromatic heterocycles. The van der Waals surface area contributed by atoms with Crippen LogP contribution in [0.1, 0.15) is 32.3 Å². The first-order valence-electron chi connectivity index (χ1n) is 6.09. The van der Waals surface area contributed by atoms with Gasteiger partial charge in [-0.25, -0.2) is 0 Å². The SMILES string of the molecule is CC(C)CNCCCCc1cnccc1N. The van der Waals surface area contributed by atoms with E-state index in [-0.39, 0.29) is 0 Å². The second-order valence-electron chi connectivity index (χ2n) is 4.63. The molecular formula is C13H23N3. The van der Waals surface area contributed by atoms with Crippen molar-refractivity contribution in [3.8, 4) is 0 Å². The minimum atomic E-state index is 0.731. The predicted octanol–water partition coefficient (Wildman–Crippen LogP) is 2.23. The summed E-state index contributed by atoms with van der Waals surface area (Å²) >= 11 is 0. The van der Waals surface area contributed by atoms with Crippen LogP contribution in [-0.4, -0.2) is 18.1 Å². The number of nitrogens with two attached hydrogens (primary N) is 1. The van der Waals surface area contributed by atoms with Crippen LogP contribution in [0.5, 0.6) is 0 Å². The number of nitrogens with one attached hydrogen (secondary N) is 1. The average Bonchev–Trinajstić information content (AvgIpc) is 2.25. The number of aryl methyl sites for hydroxylation is 1. The summed E-state index contributed by atoms with van der Waals surface area (Å²) in [6.45, 7) is 6.65. The maximum atomic E-state index is 5.85. The van der Waals surface area contributed by atoms with Crippen LogP contribution in [-0.2, 0) is 6.42 Å². The lowest BCUT2D eigenvalue weighted by Crippen LogP contribution is -2.20. The number of hydrogen-bond acceptors (Lipinski definition) is 3. The van der Waals surface area contributed by atoms with E-state index in [2.05, 4.69) is 24.1 Å². The van der Waals surface area contributed by atoms with Gasteiger partial charge in [0.25, 0.3) is 0 Å². The van der Waals surface area contributed by atoms with Gasteiger partial charge in [-0.2, -0.15) is 0 Å². The zero-order valence-corrected chi connectivity index (χ0v) is 10.4. The summed E-state index contributed by atoms with van der Waals surface area (Å²) in [6.07, 6.45) is 7.00. The lowest BCUT2D eigenvalue weighted by atomic mass is 10.1. The van der Waals surface area contributed by atoms with Gasteiger partial charge in [-0.1, -0.05) is 13.8 Å². The van der Waals surface area contributed by atoms with Gasteiger partial charge in [0, 0.05) is 18.1 Å². The fourth-order valence-electron chi connectivity index (χ4n) is 1.60. The second kappa shape index (κ2) is 7.23. The fourth-order valence-corrected chi connectivity index (χ4v) is 1.60. The number of nitrogens with zero attached hydrogens (tertiary/aromatic N) is 1. The molecule has 0 aliphatic rings. The molecule has 0 spiro atoms. The molecular weight excluding hydrogens is 198 g/mol. The molecule has 1 aromatic rings. The molecule has 0 unspecified atom stereocenters. The molecule has 90 valence electrons. The van der Waals surface area contributed by atoms with Crippen LogP contribution in [0.4, 0.5) is 5.69 Å². The van der Waals surface area contributed by atoms with Gasteiger partial charge < -0.3 is 11.1 Å². The van der Waals surface area contributed by atoms with Gasteiger partial charge in [0.2, 0.25) is 0 Å². The summed E-state index contributed by atoms with van der Waals surface area (Å²) in [5.41, 5.74) is 7.88. The molecule has 3 heteroatoms. The van der Waals surface area contributed by atoms with E-state index in [4.69, 9.17) is 5.73 Å². The van der Waals surface area contributed by atoms with Crippen molar-refractivity contribution in [1.82, 2.24) is 10.3 Å². The van der Waals surface area contributed by atoms with E-state index in [0.29, 0.717) is 0 Å². The largest absolute Gasteiger partial charge is 0.398 e. The first-order valence-corrected chi connectivity index (χ1v) is 6.09. The van der Waals surface area contributed by atoms with Crippen molar-refractivity contribution < 1.29 is 0 Å². The van der Waals surface area contributed by atoms with Gasteiger partial charge in [-0.05, 0) is 49.9 Å². The quantitative estimate of drug-likeness (QED) is 0.694. The van der Waals surface area contributed by atoms with Crippen LogP contribution in [0.15, 0.2) is 18.5 Å².